The molecule has 1 aliphatic heterocycles. The normalized spacial score (nSPS) is 14.7. The maximum atomic E-state index is 11.9. The second kappa shape index (κ2) is 6.29. The van der Waals surface area contributed by atoms with Crippen molar-refractivity contribution in [1.82, 2.24) is 24.8 Å². The number of amides is 3. The first kappa shape index (κ1) is 14.1. The smallest absolute Gasteiger partial charge is 0.409 e. The summed E-state index contributed by atoms with van der Waals surface area (Å²) < 4.78 is 6.63. The number of rotatable bonds is 4. The molecule has 0 unspecified atom stereocenters. The molecule has 2 aromatic rings. The van der Waals surface area contributed by atoms with E-state index < -0.39 is 0 Å². The number of pyridine rings is 1. The first-order chi connectivity index (χ1) is 10.7. The molecule has 1 saturated heterocycles. The van der Waals surface area contributed by atoms with Crippen molar-refractivity contribution in [2.24, 2.45) is 0 Å². The number of ether oxygens (including phenoxy) is 1. The van der Waals surface area contributed by atoms with E-state index in [1.54, 1.807) is 34.0 Å². The lowest BCUT2D eigenvalue weighted by Gasteiger charge is -2.26. The molecule has 2 N–H and O–H groups in total. The summed E-state index contributed by atoms with van der Waals surface area (Å²) in [5.74, 6) is 0. The zero-order chi connectivity index (χ0) is 15.4. The third-order valence-corrected chi connectivity index (χ3v) is 3.30. The van der Waals surface area contributed by atoms with Crippen LogP contribution in [0.15, 0.2) is 24.7 Å². The minimum Gasteiger partial charge on any atom is -0.449 e. The Morgan fingerprint density at radius 1 is 1.45 bits per heavy atom. The van der Waals surface area contributed by atoms with E-state index in [4.69, 9.17) is 4.74 Å². The van der Waals surface area contributed by atoms with Gasteiger partial charge in [-0.25, -0.2) is 9.59 Å². The Labute approximate surface area is 126 Å². The first-order valence-corrected chi connectivity index (χ1v) is 6.99. The minimum atomic E-state index is -0.360. The van der Waals surface area contributed by atoms with Gasteiger partial charge in [-0.1, -0.05) is 0 Å². The van der Waals surface area contributed by atoms with E-state index in [0.29, 0.717) is 37.6 Å². The summed E-state index contributed by atoms with van der Waals surface area (Å²) in [6, 6.07) is 3.17. The largest absolute Gasteiger partial charge is 0.449 e. The van der Waals surface area contributed by atoms with Crippen LogP contribution in [0.25, 0.3) is 5.65 Å². The molecule has 0 atom stereocenters. The predicted molar refractivity (Wildman–Crippen MR) is 77.5 cm³/mol. The van der Waals surface area contributed by atoms with Gasteiger partial charge < -0.3 is 20.3 Å². The molecule has 0 radical (unpaired) electrons. The fraction of sp³-hybridized carbons (Fsp3) is 0.385. The Morgan fingerprint density at radius 2 is 2.36 bits per heavy atom. The predicted octanol–water partition coefficient (Wildman–Crippen LogP) is 0.693. The average Bonchev–Trinajstić information content (AvgIpc) is 2.99. The summed E-state index contributed by atoms with van der Waals surface area (Å²) in [6.07, 6.45) is 3.83. The van der Waals surface area contributed by atoms with Crippen LogP contribution in [-0.4, -0.2) is 57.9 Å². The van der Waals surface area contributed by atoms with Crippen molar-refractivity contribution in [2.75, 3.05) is 31.6 Å². The van der Waals surface area contributed by atoms with Gasteiger partial charge >= 0.3 is 12.1 Å². The topological polar surface area (TPSA) is 101 Å². The highest BCUT2D eigenvalue weighted by molar-refractivity contribution is 5.92. The number of urea groups is 1. The number of hydrogen-bond acceptors (Lipinski definition) is 5. The molecule has 0 aliphatic carbocycles. The second-order valence-electron chi connectivity index (χ2n) is 4.82. The molecule has 3 amide bonds. The number of aromatic nitrogens is 3. The molecule has 0 aromatic carbocycles. The monoisotopic (exact) mass is 304 g/mol. The van der Waals surface area contributed by atoms with Crippen LogP contribution >= 0.6 is 0 Å². The number of hydrogen-bond donors (Lipinski definition) is 2. The van der Waals surface area contributed by atoms with E-state index in [9.17, 15) is 9.59 Å². The number of carbonyl (C=O) groups excluding carboxylic acids is 2. The maximum Gasteiger partial charge on any atom is 0.409 e. The van der Waals surface area contributed by atoms with E-state index in [-0.39, 0.29) is 12.1 Å². The lowest BCUT2D eigenvalue weighted by atomic mass is 10.3. The van der Waals surface area contributed by atoms with E-state index >= 15 is 0 Å². The van der Waals surface area contributed by atoms with E-state index in [0.717, 1.165) is 6.42 Å². The summed E-state index contributed by atoms with van der Waals surface area (Å²) in [7, 11) is 0. The molecule has 3 heterocycles. The van der Waals surface area contributed by atoms with Crippen LogP contribution in [0.5, 0.6) is 0 Å². The standard InChI is InChI=1S/C13H16N6O3/c20-12(14-4-7-18-6-2-8-22-13(18)21)16-10-3-1-5-19-9-15-17-11(10)19/h1,3,5,9H,2,4,6-8H2,(H2,14,16,20). The molecule has 9 heteroatoms. The second-order valence-corrected chi connectivity index (χ2v) is 4.82. The third-order valence-electron chi connectivity index (χ3n) is 3.30. The van der Waals surface area contributed by atoms with Gasteiger partial charge in [0.1, 0.15) is 6.33 Å². The van der Waals surface area contributed by atoms with Crippen molar-refractivity contribution in [3.05, 3.63) is 24.7 Å². The van der Waals surface area contributed by atoms with Gasteiger partial charge in [-0.15, -0.1) is 10.2 Å². The highest BCUT2D eigenvalue weighted by Gasteiger charge is 2.19. The Bertz CT molecular complexity index is 685. The van der Waals surface area contributed by atoms with Gasteiger partial charge in [0.15, 0.2) is 5.65 Å². The summed E-state index contributed by atoms with van der Waals surface area (Å²) >= 11 is 0. The van der Waals surface area contributed by atoms with Crippen molar-refractivity contribution in [2.45, 2.75) is 6.42 Å². The van der Waals surface area contributed by atoms with E-state index in [1.807, 2.05) is 0 Å². The molecule has 0 spiro atoms. The molecule has 9 nitrogen and oxygen atoms in total. The molecule has 1 aliphatic rings. The van der Waals surface area contributed by atoms with Gasteiger partial charge in [-0.3, -0.25) is 4.40 Å². The lowest BCUT2D eigenvalue weighted by molar-refractivity contribution is 0.0736. The summed E-state index contributed by atoms with van der Waals surface area (Å²) in [5, 5.41) is 13.1. The van der Waals surface area contributed by atoms with Crippen LogP contribution < -0.4 is 10.6 Å². The Balaban J connectivity index is 1.50. The van der Waals surface area contributed by atoms with Gasteiger partial charge in [-0.05, 0) is 18.6 Å². The van der Waals surface area contributed by atoms with Crippen LogP contribution in [0, 0.1) is 0 Å². The minimum absolute atomic E-state index is 0.332. The maximum absolute atomic E-state index is 11.9. The molecule has 1 fully saturated rings. The molecule has 0 bridgehead atoms. The Hall–Kier alpha value is -2.84. The third kappa shape index (κ3) is 3.08. The van der Waals surface area contributed by atoms with Gasteiger partial charge in [0, 0.05) is 25.8 Å². The number of nitrogens with zero attached hydrogens (tertiary/aromatic N) is 4. The van der Waals surface area contributed by atoms with E-state index in [1.165, 1.54) is 0 Å². The fourth-order valence-corrected chi connectivity index (χ4v) is 2.22. The molecular formula is C13H16N6O3. The van der Waals surface area contributed by atoms with Gasteiger partial charge in [-0.2, -0.15) is 0 Å². The first-order valence-electron chi connectivity index (χ1n) is 6.99. The summed E-state index contributed by atoms with van der Waals surface area (Å²) in [4.78, 5) is 24.9. The number of carbonyl (C=O) groups is 2. The molecule has 3 rings (SSSR count). The van der Waals surface area contributed by atoms with Crippen molar-refractivity contribution in [3.8, 4) is 0 Å². The number of anilines is 1. The van der Waals surface area contributed by atoms with Crippen molar-refractivity contribution >= 4 is 23.5 Å². The zero-order valence-corrected chi connectivity index (χ0v) is 11.9. The molecule has 116 valence electrons. The fourth-order valence-electron chi connectivity index (χ4n) is 2.22. The molecular weight excluding hydrogens is 288 g/mol. The van der Waals surface area contributed by atoms with Crippen LogP contribution in [0.1, 0.15) is 6.42 Å². The summed E-state index contributed by atoms with van der Waals surface area (Å²) in [6.45, 7) is 1.88. The quantitative estimate of drug-likeness (QED) is 0.865. The molecule has 22 heavy (non-hydrogen) atoms. The van der Waals surface area contributed by atoms with Crippen LogP contribution in [0.2, 0.25) is 0 Å². The van der Waals surface area contributed by atoms with Gasteiger partial charge in [0.25, 0.3) is 0 Å². The van der Waals surface area contributed by atoms with Crippen molar-refractivity contribution < 1.29 is 14.3 Å². The molecule has 0 saturated carbocycles. The van der Waals surface area contributed by atoms with Crippen LogP contribution in [0.3, 0.4) is 0 Å². The summed E-state index contributed by atoms with van der Waals surface area (Å²) in [5.41, 5.74) is 1.13. The van der Waals surface area contributed by atoms with Crippen LogP contribution in [-0.2, 0) is 4.74 Å². The van der Waals surface area contributed by atoms with Crippen LogP contribution in [0.4, 0.5) is 15.3 Å². The lowest BCUT2D eigenvalue weighted by Crippen LogP contribution is -2.43. The van der Waals surface area contributed by atoms with Crippen molar-refractivity contribution in [1.29, 1.82) is 0 Å². The number of fused-ring (bicyclic) bond motifs is 1. The molecule has 2 aromatic heterocycles. The average molecular weight is 304 g/mol. The van der Waals surface area contributed by atoms with Gasteiger partial charge in [0.2, 0.25) is 0 Å². The number of nitrogens with one attached hydrogen (secondary N) is 2. The Morgan fingerprint density at radius 3 is 3.23 bits per heavy atom. The number of cyclic esters (lactones) is 1. The van der Waals surface area contributed by atoms with E-state index in [2.05, 4.69) is 20.8 Å². The van der Waals surface area contributed by atoms with Gasteiger partial charge in [0.05, 0.1) is 12.3 Å². The zero-order valence-electron chi connectivity index (χ0n) is 11.9. The highest BCUT2D eigenvalue weighted by atomic mass is 16.6. The SMILES string of the molecule is O=C(NCCN1CCCOC1=O)Nc1cccn2cnnc12. The highest BCUT2D eigenvalue weighted by Crippen LogP contribution is 2.12. The Kier molecular flexibility index (Phi) is 4.03. The van der Waals surface area contributed by atoms with Crippen molar-refractivity contribution in [3.63, 3.8) is 0 Å².